The van der Waals surface area contributed by atoms with E-state index in [1.165, 1.54) is 17.0 Å². The first kappa shape index (κ1) is 12.4. The third-order valence-corrected chi connectivity index (χ3v) is 3.04. The Morgan fingerprint density at radius 3 is 2.72 bits per heavy atom. The molecule has 0 aromatic heterocycles. The molecule has 0 aliphatic carbocycles. The van der Waals surface area contributed by atoms with Gasteiger partial charge >= 0.3 is 5.97 Å². The highest BCUT2D eigenvalue weighted by Crippen LogP contribution is 2.36. The molecular formula is C13H15NO4. The van der Waals surface area contributed by atoms with Crippen molar-refractivity contribution in [2.45, 2.75) is 13.8 Å². The number of ether oxygens (including phenoxy) is 1. The van der Waals surface area contributed by atoms with Crippen molar-refractivity contribution < 1.29 is 19.4 Å². The Bertz CT molecular complexity index is 522. The van der Waals surface area contributed by atoms with E-state index in [1.54, 1.807) is 27.0 Å². The molecule has 1 aromatic rings. The SMILES string of the molecule is CN1C(=O)C(C)(C)COc2cc(C(=O)O)ccc21. The van der Waals surface area contributed by atoms with Crippen LogP contribution in [0.2, 0.25) is 0 Å². The van der Waals surface area contributed by atoms with Gasteiger partial charge in [-0.2, -0.15) is 0 Å². The summed E-state index contributed by atoms with van der Waals surface area (Å²) in [4.78, 5) is 24.6. The molecule has 2 rings (SSSR count). The Labute approximate surface area is 105 Å². The van der Waals surface area contributed by atoms with Gasteiger partial charge in [0.25, 0.3) is 0 Å². The summed E-state index contributed by atoms with van der Waals surface area (Å²) >= 11 is 0. The number of hydrogen-bond donors (Lipinski definition) is 1. The van der Waals surface area contributed by atoms with Gasteiger partial charge in [-0.1, -0.05) is 0 Å². The maximum Gasteiger partial charge on any atom is 0.335 e. The third-order valence-electron chi connectivity index (χ3n) is 3.04. The lowest BCUT2D eigenvalue weighted by Gasteiger charge is -2.24. The summed E-state index contributed by atoms with van der Waals surface area (Å²) in [6.07, 6.45) is 0. The van der Waals surface area contributed by atoms with Crippen LogP contribution < -0.4 is 9.64 Å². The number of nitrogens with zero attached hydrogens (tertiary/aromatic N) is 1. The largest absolute Gasteiger partial charge is 0.490 e. The fourth-order valence-corrected chi connectivity index (χ4v) is 1.92. The summed E-state index contributed by atoms with van der Waals surface area (Å²) in [5.74, 6) is -0.639. The fraction of sp³-hybridized carbons (Fsp3) is 0.385. The van der Waals surface area contributed by atoms with Gasteiger partial charge in [0.2, 0.25) is 5.91 Å². The molecule has 0 saturated carbocycles. The second kappa shape index (κ2) is 4.01. The molecule has 1 aliphatic rings. The van der Waals surface area contributed by atoms with E-state index in [2.05, 4.69) is 0 Å². The molecule has 0 spiro atoms. The van der Waals surface area contributed by atoms with Gasteiger partial charge in [0.1, 0.15) is 12.4 Å². The summed E-state index contributed by atoms with van der Waals surface area (Å²) < 4.78 is 5.57. The maximum absolute atomic E-state index is 12.2. The van der Waals surface area contributed by atoms with Gasteiger partial charge < -0.3 is 14.7 Å². The summed E-state index contributed by atoms with van der Waals surface area (Å²) in [6.45, 7) is 3.83. The molecule has 1 N–H and O–H groups in total. The van der Waals surface area contributed by atoms with Crippen molar-refractivity contribution in [1.82, 2.24) is 0 Å². The van der Waals surface area contributed by atoms with Crippen molar-refractivity contribution in [3.63, 3.8) is 0 Å². The molecule has 0 radical (unpaired) electrons. The van der Waals surface area contributed by atoms with E-state index in [4.69, 9.17) is 9.84 Å². The minimum atomic E-state index is -1.01. The number of rotatable bonds is 1. The van der Waals surface area contributed by atoms with Crippen molar-refractivity contribution in [1.29, 1.82) is 0 Å². The smallest absolute Gasteiger partial charge is 0.335 e. The molecule has 0 unspecified atom stereocenters. The van der Waals surface area contributed by atoms with Crippen molar-refractivity contribution in [3.05, 3.63) is 23.8 Å². The van der Waals surface area contributed by atoms with Crippen LogP contribution in [-0.4, -0.2) is 30.6 Å². The quantitative estimate of drug-likeness (QED) is 0.823. The van der Waals surface area contributed by atoms with Gasteiger partial charge in [-0.15, -0.1) is 0 Å². The monoisotopic (exact) mass is 249 g/mol. The first-order chi connectivity index (χ1) is 8.33. The van der Waals surface area contributed by atoms with Gasteiger partial charge in [0, 0.05) is 7.05 Å². The zero-order valence-corrected chi connectivity index (χ0v) is 10.6. The third kappa shape index (κ3) is 1.92. The normalized spacial score (nSPS) is 17.7. The summed E-state index contributed by atoms with van der Waals surface area (Å²) in [6, 6.07) is 4.51. The minimum absolute atomic E-state index is 0.0516. The molecule has 5 nitrogen and oxygen atoms in total. The number of benzene rings is 1. The lowest BCUT2D eigenvalue weighted by molar-refractivity contribution is -0.127. The molecule has 0 saturated heterocycles. The highest BCUT2D eigenvalue weighted by Gasteiger charge is 2.36. The van der Waals surface area contributed by atoms with E-state index in [0.29, 0.717) is 11.4 Å². The van der Waals surface area contributed by atoms with Crippen LogP contribution in [0.1, 0.15) is 24.2 Å². The predicted molar refractivity (Wildman–Crippen MR) is 66.1 cm³/mol. The van der Waals surface area contributed by atoms with E-state index in [9.17, 15) is 9.59 Å². The van der Waals surface area contributed by atoms with Gasteiger partial charge in [-0.25, -0.2) is 4.79 Å². The molecule has 1 heterocycles. The Kier molecular flexibility index (Phi) is 2.77. The molecule has 0 bridgehead atoms. The van der Waals surface area contributed by atoms with Crippen LogP contribution in [0.25, 0.3) is 0 Å². The predicted octanol–water partition coefficient (Wildman–Crippen LogP) is 1.77. The van der Waals surface area contributed by atoms with Crippen LogP contribution in [0, 0.1) is 5.41 Å². The Hall–Kier alpha value is -2.04. The number of carbonyl (C=O) groups excluding carboxylic acids is 1. The first-order valence-corrected chi connectivity index (χ1v) is 5.61. The van der Waals surface area contributed by atoms with E-state index in [1.807, 2.05) is 0 Å². The zero-order chi connectivity index (χ0) is 13.5. The van der Waals surface area contributed by atoms with Gasteiger partial charge in [-0.3, -0.25) is 4.79 Å². The highest BCUT2D eigenvalue weighted by atomic mass is 16.5. The van der Waals surface area contributed by atoms with Crippen LogP contribution in [-0.2, 0) is 4.79 Å². The van der Waals surface area contributed by atoms with Crippen LogP contribution in [0.15, 0.2) is 18.2 Å². The second-order valence-corrected chi connectivity index (χ2v) is 5.02. The summed E-state index contributed by atoms with van der Waals surface area (Å²) in [5, 5.41) is 8.94. The average Bonchev–Trinajstić information content (AvgIpc) is 2.41. The number of fused-ring (bicyclic) bond motifs is 1. The van der Waals surface area contributed by atoms with Crippen LogP contribution in [0.5, 0.6) is 5.75 Å². The molecule has 96 valence electrons. The van der Waals surface area contributed by atoms with Crippen LogP contribution >= 0.6 is 0 Å². The van der Waals surface area contributed by atoms with E-state index in [0.717, 1.165) is 0 Å². The lowest BCUT2D eigenvalue weighted by atomic mass is 9.93. The minimum Gasteiger partial charge on any atom is -0.490 e. The Morgan fingerprint density at radius 2 is 2.11 bits per heavy atom. The molecule has 18 heavy (non-hydrogen) atoms. The van der Waals surface area contributed by atoms with Crippen molar-refractivity contribution >= 4 is 17.6 Å². The zero-order valence-electron chi connectivity index (χ0n) is 10.6. The highest BCUT2D eigenvalue weighted by molar-refractivity contribution is 5.99. The van der Waals surface area contributed by atoms with Gasteiger partial charge in [-0.05, 0) is 32.0 Å². The molecule has 1 amide bonds. The number of carboxylic acids is 1. The number of aromatic carboxylic acids is 1. The maximum atomic E-state index is 12.2. The molecule has 5 heteroatoms. The fourth-order valence-electron chi connectivity index (χ4n) is 1.92. The lowest BCUT2D eigenvalue weighted by Crippen LogP contribution is -2.39. The molecule has 1 aliphatic heterocycles. The second-order valence-electron chi connectivity index (χ2n) is 5.02. The Balaban J connectivity index is 2.50. The first-order valence-electron chi connectivity index (χ1n) is 5.61. The summed E-state index contributed by atoms with van der Waals surface area (Å²) in [5.41, 5.74) is 0.113. The van der Waals surface area contributed by atoms with Crippen LogP contribution in [0.3, 0.4) is 0 Å². The summed E-state index contributed by atoms with van der Waals surface area (Å²) in [7, 11) is 1.66. The van der Waals surface area contributed by atoms with E-state index in [-0.39, 0.29) is 18.1 Å². The van der Waals surface area contributed by atoms with Crippen LogP contribution in [0.4, 0.5) is 5.69 Å². The average molecular weight is 249 g/mol. The topological polar surface area (TPSA) is 66.8 Å². The molecule has 0 fully saturated rings. The van der Waals surface area contributed by atoms with Crippen molar-refractivity contribution in [2.24, 2.45) is 5.41 Å². The standard InChI is InChI=1S/C13H15NO4/c1-13(2)7-18-10-6-8(11(15)16)4-5-9(10)14(3)12(13)17/h4-6H,7H2,1-3H3,(H,15,16). The number of carboxylic acid groups (broad SMARTS) is 1. The van der Waals surface area contributed by atoms with Gasteiger partial charge in [0.15, 0.2) is 0 Å². The van der Waals surface area contributed by atoms with E-state index < -0.39 is 11.4 Å². The Morgan fingerprint density at radius 1 is 1.44 bits per heavy atom. The molecular weight excluding hydrogens is 234 g/mol. The number of anilines is 1. The van der Waals surface area contributed by atoms with Crippen molar-refractivity contribution in [3.8, 4) is 5.75 Å². The van der Waals surface area contributed by atoms with Crippen molar-refractivity contribution in [2.75, 3.05) is 18.6 Å². The molecule has 1 aromatic carbocycles. The number of amides is 1. The van der Waals surface area contributed by atoms with E-state index >= 15 is 0 Å². The van der Waals surface area contributed by atoms with Gasteiger partial charge in [0.05, 0.1) is 16.7 Å². The molecule has 0 atom stereocenters. The number of hydrogen-bond acceptors (Lipinski definition) is 3. The number of carbonyl (C=O) groups is 2.